The van der Waals surface area contributed by atoms with E-state index in [0.717, 1.165) is 23.8 Å². The number of thiazole rings is 1. The van der Waals surface area contributed by atoms with Crippen LogP contribution in [0.1, 0.15) is 25.0 Å². The molecule has 0 spiro atoms. The summed E-state index contributed by atoms with van der Waals surface area (Å²) in [5, 5.41) is 6.56. The SMILES string of the molecule is CC(C)CNc1nc(-c2ccc3c(c2)-c2ccccc2C3)cs1. The summed E-state index contributed by atoms with van der Waals surface area (Å²) < 4.78 is 0. The van der Waals surface area contributed by atoms with E-state index in [9.17, 15) is 0 Å². The first-order valence-corrected chi connectivity index (χ1v) is 8.99. The number of rotatable bonds is 4. The standard InChI is InChI=1S/C20H20N2S/c1-13(2)11-21-20-22-19(12-23-20)16-8-7-15-9-14-5-3-4-6-17(14)18(15)10-16/h3-8,10,12-13H,9,11H2,1-2H3,(H,21,22). The van der Waals surface area contributed by atoms with E-state index in [0.29, 0.717) is 5.92 Å². The second kappa shape index (κ2) is 5.82. The van der Waals surface area contributed by atoms with Crippen LogP contribution in [0.15, 0.2) is 47.8 Å². The summed E-state index contributed by atoms with van der Waals surface area (Å²) in [5.41, 5.74) is 7.85. The summed E-state index contributed by atoms with van der Waals surface area (Å²) in [7, 11) is 0. The van der Waals surface area contributed by atoms with Gasteiger partial charge in [0.2, 0.25) is 0 Å². The van der Waals surface area contributed by atoms with Gasteiger partial charge in [-0.05, 0) is 40.7 Å². The van der Waals surface area contributed by atoms with Crippen molar-refractivity contribution >= 4 is 16.5 Å². The highest BCUT2D eigenvalue weighted by molar-refractivity contribution is 7.14. The molecule has 3 heteroatoms. The summed E-state index contributed by atoms with van der Waals surface area (Å²) in [6, 6.07) is 15.4. The fourth-order valence-electron chi connectivity index (χ4n) is 3.06. The van der Waals surface area contributed by atoms with Crippen molar-refractivity contribution in [2.45, 2.75) is 20.3 Å². The normalized spacial score (nSPS) is 12.3. The molecule has 1 aromatic heterocycles. The van der Waals surface area contributed by atoms with Crippen LogP contribution in [-0.2, 0) is 6.42 Å². The highest BCUT2D eigenvalue weighted by Crippen LogP contribution is 2.39. The van der Waals surface area contributed by atoms with Crippen LogP contribution >= 0.6 is 11.3 Å². The zero-order chi connectivity index (χ0) is 15.8. The lowest BCUT2D eigenvalue weighted by Gasteiger charge is -2.05. The van der Waals surface area contributed by atoms with Gasteiger partial charge in [0, 0.05) is 17.5 Å². The number of aromatic nitrogens is 1. The molecule has 0 bridgehead atoms. The van der Waals surface area contributed by atoms with E-state index >= 15 is 0 Å². The minimum Gasteiger partial charge on any atom is -0.361 e. The van der Waals surface area contributed by atoms with Crippen molar-refractivity contribution < 1.29 is 0 Å². The van der Waals surface area contributed by atoms with Crippen LogP contribution in [0.2, 0.25) is 0 Å². The molecule has 2 nitrogen and oxygen atoms in total. The molecule has 3 aromatic rings. The molecule has 0 unspecified atom stereocenters. The summed E-state index contributed by atoms with van der Waals surface area (Å²) in [5.74, 6) is 0.624. The Kier molecular flexibility index (Phi) is 3.66. The van der Waals surface area contributed by atoms with Crippen molar-refractivity contribution in [3.63, 3.8) is 0 Å². The quantitative estimate of drug-likeness (QED) is 0.541. The Morgan fingerprint density at radius 3 is 2.78 bits per heavy atom. The fraction of sp³-hybridized carbons (Fsp3) is 0.250. The molecule has 0 atom stereocenters. The van der Waals surface area contributed by atoms with Gasteiger partial charge >= 0.3 is 0 Å². The van der Waals surface area contributed by atoms with E-state index in [1.165, 1.54) is 27.8 Å². The van der Waals surface area contributed by atoms with E-state index in [1.54, 1.807) is 11.3 Å². The van der Waals surface area contributed by atoms with Gasteiger partial charge in [-0.3, -0.25) is 0 Å². The fourth-order valence-corrected chi connectivity index (χ4v) is 3.79. The highest BCUT2D eigenvalue weighted by Gasteiger charge is 2.18. The second-order valence-corrected chi connectivity index (χ2v) is 7.38. The van der Waals surface area contributed by atoms with Gasteiger partial charge in [-0.2, -0.15) is 0 Å². The minimum atomic E-state index is 0.624. The summed E-state index contributed by atoms with van der Waals surface area (Å²) in [6.45, 7) is 5.38. The van der Waals surface area contributed by atoms with Crippen molar-refractivity contribution in [3.05, 3.63) is 59.0 Å². The molecule has 0 amide bonds. The number of benzene rings is 2. The number of hydrogen-bond acceptors (Lipinski definition) is 3. The number of hydrogen-bond donors (Lipinski definition) is 1. The molecule has 1 aliphatic rings. The lowest BCUT2D eigenvalue weighted by molar-refractivity contribution is 0.688. The third-order valence-electron chi connectivity index (χ3n) is 4.26. The molecule has 4 rings (SSSR count). The molecule has 1 N–H and O–H groups in total. The van der Waals surface area contributed by atoms with Gasteiger partial charge in [0.25, 0.3) is 0 Å². The Balaban J connectivity index is 1.65. The average Bonchev–Trinajstić information content (AvgIpc) is 3.17. The molecular weight excluding hydrogens is 300 g/mol. The Labute approximate surface area is 141 Å². The summed E-state index contributed by atoms with van der Waals surface area (Å²) in [6.07, 6.45) is 1.05. The predicted octanol–water partition coefficient (Wildman–Crippen LogP) is 5.45. The number of anilines is 1. The molecule has 0 saturated heterocycles. The molecule has 0 saturated carbocycles. The topological polar surface area (TPSA) is 24.9 Å². The van der Waals surface area contributed by atoms with Gasteiger partial charge in [-0.25, -0.2) is 4.98 Å². The van der Waals surface area contributed by atoms with E-state index in [4.69, 9.17) is 4.98 Å². The maximum atomic E-state index is 4.74. The zero-order valence-electron chi connectivity index (χ0n) is 13.5. The molecule has 1 aliphatic carbocycles. The largest absolute Gasteiger partial charge is 0.361 e. The van der Waals surface area contributed by atoms with Crippen LogP contribution in [0.5, 0.6) is 0 Å². The highest BCUT2D eigenvalue weighted by atomic mass is 32.1. The Hall–Kier alpha value is -2.13. The van der Waals surface area contributed by atoms with E-state index in [-0.39, 0.29) is 0 Å². The Morgan fingerprint density at radius 1 is 1.09 bits per heavy atom. The van der Waals surface area contributed by atoms with Gasteiger partial charge in [0.05, 0.1) is 5.69 Å². The summed E-state index contributed by atoms with van der Waals surface area (Å²) in [4.78, 5) is 4.74. The van der Waals surface area contributed by atoms with Crippen molar-refractivity contribution in [1.29, 1.82) is 0 Å². The lowest BCUT2D eigenvalue weighted by Crippen LogP contribution is -2.07. The zero-order valence-corrected chi connectivity index (χ0v) is 14.3. The second-order valence-electron chi connectivity index (χ2n) is 6.52. The van der Waals surface area contributed by atoms with Gasteiger partial charge in [0.15, 0.2) is 5.13 Å². The molecule has 1 heterocycles. The van der Waals surface area contributed by atoms with E-state index < -0.39 is 0 Å². The maximum Gasteiger partial charge on any atom is 0.183 e. The van der Waals surface area contributed by atoms with Crippen molar-refractivity contribution in [2.24, 2.45) is 5.92 Å². The molecule has 116 valence electrons. The molecule has 0 radical (unpaired) electrons. The molecule has 2 aromatic carbocycles. The van der Waals surface area contributed by atoms with Crippen LogP contribution in [-0.4, -0.2) is 11.5 Å². The first-order chi connectivity index (χ1) is 11.2. The van der Waals surface area contributed by atoms with Crippen molar-refractivity contribution in [2.75, 3.05) is 11.9 Å². The van der Waals surface area contributed by atoms with Crippen LogP contribution in [0, 0.1) is 5.92 Å². The van der Waals surface area contributed by atoms with Crippen molar-refractivity contribution in [1.82, 2.24) is 4.98 Å². The van der Waals surface area contributed by atoms with Gasteiger partial charge < -0.3 is 5.32 Å². The Morgan fingerprint density at radius 2 is 1.91 bits per heavy atom. The van der Waals surface area contributed by atoms with Crippen LogP contribution in [0.4, 0.5) is 5.13 Å². The van der Waals surface area contributed by atoms with Crippen molar-refractivity contribution in [3.8, 4) is 22.4 Å². The third-order valence-corrected chi connectivity index (χ3v) is 5.06. The van der Waals surface area contributed by atoms with Crippen LogP contribution in [0.25, 0.3) is 22.4 Å². The average molecular weight is 320 g/mol. The number of fused-ring (bicyclic) bond motifs is 3. The van der Waals surface area contributed by atoms with Gasteiger partial charge in [-0.1, -0.05) is 50.2 Å². The lowest BCUT2D eigenvalue weighted by atomic mass is 10.0. The number of nitrogens with one attached hydrogen (secondary N) is 1. The van der Waals surface area contributed by atoms with Gasteiger partial charge in [-0.15, -0.1) is 11.3 Å². The monoisotopic (exact) mass is 320 g/mol. The number of nitrogens with zero attached hydrogens (tertiary/aromatic N) is 1. The molecule has 23 heavy (non-hydrogen) atoms. The first-order valence-electron chi connectivity index (χ1n) is 8.11. The van der Waals surface area contributed by atoms with Crippen LogP contribution in [0.3, 0.4) is 0 Å². The minimum absolute atomic E-state index is 0.624. The smallest absolute Gasteiger partial charge is 0.183 e. The maximum absolute atomic E-state index is 4.74. The molecule has 0 aliphatic heterocycles. The van der Waals surface area contributed by atoms with Crippen LogP contribution < -0.4 is 5.32 Å². The van der Waals surface area contributed by atoms with Gasteiger partial charge in [0.1, 0.15) is 0 Å². The van der Waals surface area contributed by atoms with E-state index in [2.05, 4.69) is 67.0 Å². The molecule has 0 fully saturated rings. The summed E-state index contributed by atoms with van der Waals surface area (Å²) >= 11 is 1.68. The first kappa shape index (κ1) is 14.5. The third kappa shape index (κ3) is 2.77. The molecular formula is C20H20N2S. The van der Waals surface area contributed by atoms with E-state index in [1.807, 2.05) is 0 Å². The Bertz CT molecular complexity index is 848. The predicted molar refractivity (Wildman–Crippen MR) is 99.1 cm³/mol.